The van der Waals surface area contributed by atoms with Gasteiger partial charge in [-0.2, -0.15) is 0 Å². The predicted molar refractivity (Wildman–Crippen MR) is 114 cm³/mol. The van der Waals surface area contributed by atoms with Crippen molar-refractivity contribution in [2.75, 3.05) is 5.01 Å². The zero-order valence-electron chi connectivity index (χ0n) is 16.9. The molecular weight excluding hydrogens is 421 g/mol. The Morgan fingerprint density at radius 2 is 1.56 bits per heavy atom. The molecule has 2 aromatic rings. The zero-order valence-corrected chi connectivity index (χ0v) is 16.9. The van der Waals surface area contributed by atoms with Gasteiger partial charge in [0.25, 0.3) is 0 Å². The molecule has 0 N–H and O–H groups in total. The van der Waals surface area contributed by atoms with Crippen LogP contribution in [0.4, 0.5) is 18.9 Å². The van der Waals surface area contributed by atoms with Crippen molar-refractivity contribution in [2.24, 2.45) is 9.98 Å². The molecule has 2 heterocycles. The first kappa shape index (κ1) is 20.3. The van der Waals surface area contributed by atoms with E-state index in [0.717, 1.165) is 24.2 Å². The molecule has 0 aromatic heterocycles. The number of rotatable bonds is 6. The van der Waals surface area contributed by atoms with Gasteiger partial charge in [-0.15, -0.1) is 17.8 Å². The Balaban J connectivity index is 1.35. The van der Waals surface area contributed by atoms with Crippen molar-refractivity contribution < 1.29 is 27.2 Å². The summed E-state index contributed by atoms with van der Waals surface area (Å²) in [4.78, 5) is 8.63. The van der Waals surface area contributed by atoms with Crippen LogP contribution >= 0.6 is 0 Å². The third-order valence-corrected chi connectivity index (χ3v) is 5.62. The molecule has 1 atom stereocenters. The molecule has 0 spiro atoms. The normalized spacial score (nSPS) is 21.7. The molecule has 0 amide bonds. The van der Waals surface area contributed by atoms with E-state index in [2.05, 4.69) is 19.7 Å². The van der Waals surface area contributed by atoms with Crippen LogP contribution in [-0.2, 0) is 0 Å². The maximum Gasteiger partial charge on any atom is 0.573 e. The molecule has 3 aliphatic rings. The molecule has 0 radical (unpaired) electrons. The molecule has 9 heteroatoms. The summed E-state index contributed by atoms with van der Waals surface area (Å²) >= 11 is 0. The highest BCUT2D eigenvalue weighted by Gasteiger charge is 2.46. The maximum absolute atomic E-state index is 12.3. The minimum absolute atomic E-state index is 0.292. The average molecular weight is 441 g/mol. The van der Waals surface area contributed by atoms with E-state index < -0.39 is 6.36 Å². The second-order valence-electron chi connectivity index (χ2n) is 7.68. The summed E-state index contributed by atoms with van der Waals surface area (Å²) in [7, 11) is 0. The third kappa shape index (κ3) is 3.87. The lowest BCUT2D eigenvalue weighted by molar-refractivity contribution is -0.746. The Morgan fingerprint density at radius 1 is 0.906 bits per heavy atom. The highest BCUT2D eigenvalue weighted by Crippen LogP contribution is 2.39. The van der Waals surface area contributed by atoms with Gasteiger partial charge < -0.3 is 9.47 Å². The number of fused-ring (bicyclic) bond motifs is 1. The molecule has 32 heavy (non-hydrogen) atoms. The molecule has 1 saturated carbocycles. The lowest BCUT2D eigenvalue weighted by atomic mass is 9.92. The molecule has 5 rings (SSSR count). The number of halogens is 3. The fourth-order valence-electron chi connectivity index (χ4n) is 3.95. The van der Waals surface area contributed by atoms with Crippen LogP contribution in [0.2, 0.25) is 0 Å². The van der Waals surface area contributed by atoms with Crippen molar-refractivity contribution in [1.29, 1.82) is 0 Å². The SMILES string of the molecule is FC(F)(F)Oc1ccc(Oc2ccc(N(C3CCC3)[N+]34C=CN=CC3=CN=C4)cc2)cc1. The standard InChI is InChI=1S/C23H20F3N4O2/c24-23(25,26)32-22-10-8-21(9-11-22)31-20-6-4-18(5-7-20)29(17-2-1-3-17)30-13-12-27-14-19(30)15-28-16-30/h4-17H,1-3H2/q+1. The van der Waals surface area contributed by atoms with Gasteiger partial charge in [0.15, 0.2) is 6.20 Å². The van der Waals surface area contributed by atoms with Gasteiger partial charge in [-0.3, -0.25) is 4.99 Å². The monoisotopic (exact) mass is 441 g/mol. The fraction of sp³-hybridized carbons (Fsp3) is 0.217. The quantitative estimate of drug-likeness (QED) is 0.524. The van der Waals surface area contributed by atoms with Crippen LogP contribution in [0, 0.1) is 0 Å². The van der Waals surface area contributed by atoms with Crippen molar-refractivity contribution in [1.82, 2.24) is 0 Å². The average Bonchev–Trinajstić information content (AvgIpc) is 3.16. The van der Waals surface area contributed by atoms with Gasteiger partial charge in [-0.05, 0) is 67.8 Å². The van der Waals surface area contributed by atoms with E-state index in [1.807, 2.05) is 49.2 Å². The van der Waals surface area contributed by atoms with Crippen molar-refractivity contribution >= 4 is 18.2 Å². The molecular formula is C23H20F3N4O2+. The van der Waals surface area contributed by atoms with Crippen LogP contribution < -0.4 is 14.5 Å². The van der Waals surface area contributed by atoms with E-state index in [-0.39, 0.29) is 5.75 Å². The Labute approximate surface area is 182 Å². The number of aliphatic imine (C=N–C) groups is 2. The number of anilines is 1. The van der Waals surface area contributed by atoms with Crippen molar-refractivity contribution in [3.8, 4) is 17.2 Å². The molecule has 164 valence electrons. The fourth-order valence-corrected chi connectivity index (χ4v) is 3.95. The summed E-state index contributed by atoms with van der Waals surface area (Å²) in [6.45, 7) is 0. The lowest BCUT2D eigenvalue weighted by Gasteiger charge is -2.46. The topological polar surface area (TPSA) is 46.4 Å². The van der Waals surface area contributed by atoms with Crippen molar-refractivity contribution in [2.45, 2.75) is 31.7 Å². The minimum atomic E-state index is -4.72. The molecule has 2 aromatic carbocycles. The number of benzene rings is 2. The van der Waals surface area contributed by atoms with E-state index in [4.69, 9.17) is 4.74 Å². The van der Waals surface area contributed by atoms with Gasteiger partial charge >= 0.3 is 6.36 Å². The summed E-state index contributed by atoms with van der Waals surface area (Å²) in [5, 5.41) is 2.32. The van der Waals surface area contributed by atoms with E-state index in [0.29, 0.717) is 22.1 Å². The summed E-state index contributed by atoms with van der Waals surface area (Å²) in [6, 6.07) is 13.3. The van der Waals surface area contributed by atoms with Crippen LogP contribution in [0.1, 0.15) is 19.3 Å². The van der Waals surface area contributed by atoms with E-state index in [1.165, 1.54) is 30.7 Å². The second-order valence-corrected chi connectivity index (χ2v) is 7.68. The van der Waals surface area contributed by atoms with E-state index >= 15 is 0 Å². The van der Waals surface area contributed by atoms with Gasteiger partial charge in [0.2, 0.25) is 12.0 Å². The number of alkyl halides is 3. The highest BCUT2D eigenvalue weighted by atomic mass is 19.4. The minimum Gasteiger partial charge on any atom is -0.457 e. The Bertz CT molecular complexity index is 1100. The number of allylic oxidation sites excluding steroid dienone is 1. The number of quaternary nitrogens is 1. The largest absolute Gasteiger partial charge is 0.573 e. The smallest absolute Gasteiger partial charge is 0.457 e. The molecule has 0 saturated heterocycles. The van der Waals surface area contributed by atoms with Gasteiger partial charge in [0.05, 0.1) is 30.3 Å². The lowest BCUT2D eigenvalue weighted by Crippen LogP contribution is -2.61. The molecule has 1 fully saturated rings. The highest BCUT2D eigenvalue weighted by molar-refractivity contribution is 5.82. The Morgan fingerprint density at radius 3 is 2.19 bits per heavy atom. The van der Waals surface area contributed by atoms with Crippen molar-refractivity contribution in [3.63, 3.8) is 0 Å². The first-order valence-corrected chi connectivity index (χ1v) is 10.2. The summed E-state index contributed by atoms with van der Waals surface area (Å²) in [6.07, 6.45) is 7.98. The zero-order chi connectivity index (χ0) is 22.2. The van der Waals surface area contributed by atoms with Crippen LogP contribution in [0.15, 0.2) is 82.8 Å². The molecule has 0 bridgehead atoms. The Hall–Kier alpha value is -3.59. The van der Waals surface area contributed by atoms with Crippen molar-refractivity contribution in [3.05, 3.63) is 72.8 Å². The molecule has 1 unspecified atom stereocenters. The molecule has 2 aliphatic heterocycles. The molecule has 1 aliphatic carbocycles. The van der Waals surface area contributed by atoms with Crippen LogP contribution in [0.25, 0.3) is 0 Å². The number of ether oxygens (including phenoxy) is 2. The predicted octanol–water partition coefficient (Wildman–Crippen LogP) is 5.91. The van der Waals surface area contributed by atoms with E-state index in [1.54, 1.807) is 6.20 Å². The van der Waals surface area contributed by atoms with Crippen LogP contribution in [0.3, 0.4) is 0 Å². The number of hydrogen-bond acceptors (Lipinski definition) is 5. The third-order valence-electron chi connectivity index (χ3n) is 5.62. The maximum atomic E-state index is 12.3. The second kappa shape index (κ2) is 7.83. The van der Waals surface area contributed by atoms with Gasteiger partial charge in [-0.1, -0.05) is 0 Å². The first-order valence-electron chi connectivity index (χ1n) is 10.2. The summed E-state index contributed by atoms with van der Waals surface area (Å²) in [5.74, 6) is 0.699. The number of hydrogen-bond donors (Lipinski definition) is 0. The first-order chi connectivity index (χ1) is 15.4. The summed E-state index contributed by atoms with van der Waals surface area (Å²) < 4.78 is 47.0. The summed E-state index contributed by atoms with van der Waals surface area (Å²) in [5.41, 5.74) is 1.98. The number of nitrogens with zero attached hydrogens (tertiary/aromatic N) is 4. The van der Waals surface area contributed by atoms with E-state index in [9.17, 15) is 13.2 Å². The molecule has 6 nitrogen and oxygen atoms in total. The van der Waals surface area contributed by atoms with Crippen LogP contribution in [0.5, 0.6) is 17.2 Å². The Kier molecular flexibility index (Phi) is 4.97. The van der Waals surface area contributed by atoms with Crippen LogP contribution in [-0.4, -0.2) is 29.5 Å². The van der Waals surface area contributed by atoms with Gasteiger partial charge in [0, 0.05) is 0 Å². The van der Waals surface area contributed by atoms with Gasteiger partial charge in [0.1, 0.15) is 17.2 Å². The van der Waals surface area contributed by atoms with Gasteiger partial charge in [-0.25, -0.2) is 10.0 Å².